The van der Waals surface area contributed by atoms with Crippen LogP contribution in [0.5, 0.6) is 0 Å². The molecule has 0 radical (unpaired) electrons. The van der Waals surface area contributed by atoms with Gasteiger partial charge in [0, 0.05) is 14.2 Å². The van der Waals surface area contributed by atoms with E-state index in [2.05, 4.69) is 39.8 Å². The summed E-state index contributed by atoms with van der Waals surface area (Å²) in [5, 5.41) is 0. The first-order valence-corrected chi connectivity index (χ1v) is 9.78. The zero-order valence-electron chi connectivity index (χ0n) is 15.6. The zero-order valence-corrected chi connectivity index (χ0v) is 16.4. The van der Waals surface area contributed by atoms with Gasteiger partial charge in [-0.3, -0.25) is 4.57 Å². The molecule has 0 saturated heterocycles. The van der Waals surface area contributed by atoms with E-state index < -0.39 is 7.60 Å². The predicted molar refractivity (Wildman–Crippen MR) is 97.9 cm³/mol. The lowest BCUT2D eigenvalue weighted by Crippen LogP contribution is -2.00. The normalized spacial score (nSPS) is 13.3. The van der Waals surface area contributed by atoms with Crippen LogP contribution in [0.25, 0.3) is 0 Å². The molecule has 0 spiro atoms. The Labute approximate surface area is 142 Å². The Morgan fingerprint density at radius 1 is 0.870 bits per heavy atom. The van der Waals surface area contributed by atoms with Crippen LogP contribution in [0.2, 0.25) is 0 Å². The van der Waals surface area contributed by atoms with Crippen molar-refractivity contribution in [1.29, 1.82) is 0 Å². The maximum atomic E-state index is 11.8. The van der Waals surface area contributed by atoms with Gasteiger partial charge in [-0.25, -0.2) is 0 Å². The molecule has 4 nitrogen and oxygen atoms in total. The molecule has 5 heteroatoms. The van der Waals surface area contributed by atoms with Gasteiger partial charge in [-0.15, -0.1) is 0 Å². The largest absolute Gasteiger partial charge is 0.365 e. The molecule has 0 aliphatic rings. The van der Waals surface area contributed by atoms with Crippen molar-refractivity contribution in [3.8, 4) is 0 Å². The first-order valence-electron chi connectivity index (χ1n) is 8.06. The summed E-state index contributed by atoms with van der Waals surface area (Å²) in [4.78, 5) is 0. The SMILES string of the molecule is COP(=O)(COCC=C(C)CCC=C(C)CCC=C(C)C)OC. The Balaban J connectivity index is 3.98. The molecule has 0 rings (SSSR count). The molecule has 0 N–H and O–H groups in total. The van der Waals surface area contributed by atoms with Crippen molar-refractivity contribution in [2.24, 2.45) is 0 Å². The first kappa shape index (κ1) is 22.3. The van der Waals surface area contributed by atoms with E-state index in [1.54, 1.807) is 0 Å². The monoisotopic (exact) mass is 344 g/mol. The molecule has 0 unspecified atom stereocenters. The second-order valence-electron chi connectivity index (χ2n) is 5.94. The van der Waals surface area contributed by atoms with E-state index in [0.717, 1.165) is 25.7 Å². The highest BCUT2D eigenvalue weighted by Gasteiger charge is 2.20. The molecule has 0 aliphatic carbocycles. The van der Waals surface area contributed by atoms with Gasteiger partial charge >= 0.3 is 7.60 Å². The average molecular weight is 344 g/mol. The van der Waals surface area contributed by atoms with Crippen LogP contribution in [0.15, 0.2) is 34.9 Å². The molecule has 0 aromatic carbocycles. The van der Waals surface area contributed by atoms with Gasteiger partial charge in [0.05, 0.1) is 6.61 Å². The highest BCUT2D eigenvalue weighted by Crippen LogP contribution is 2.45. The summed E-state index contributed by atoms with van der Waals surface area (Å²) >= 11 is 0. The van der Waals surface area contributed by atoms with E-state index >= 15 is 0 Å². The summed E-state index contributed by atoms with van der Waals surface area (Å²) in [5.41, 5.74) is 4.08. The van der Waals surface area contributed by atoms with E-state index in [1.165, 1.54) is 30.9 Å². The minimum Gasteiger partial charge on any atom is -0.365 e. The topological polar surface area (TPSA) is 44.8 Å². The Kier molecular flexibility index (Phi) is 12.3. The average Bonchev–Trinajstić information content (AvgIpc) is 2.51. The molecular weight excluding hydrogens is 311 g/mol. The van der Waals surface area contributed by atoms with Crippen LogP contribution < -0.4 is 0 Å². The van der Waals surface area contributed by atoms with Gasteiger partial charge in [0.2, 0.25) is 0 Å². The van der Waals surface area contributed by atoms with Crippen molar-refractivity contribution in [3.05, 3.63) is 34.9 Å². The Morgan fingerprint density at radius 2 is 1.39 bits per heavy atom. The fourth-order valence-electron chi connectivity index (χ4n) is 1.88. The number of hydrogen-bond acceptors (Lipinski definition) is 4. The molecule has 0 saturated carbocycles. The number of ether oxygens (including phenoxy) is 1. The smallest absolute Gasteiger partial charge is 0.355 e. The maximum absolute atomic E-state index is 11.8. The third-order valence-electron chi connectivity index (χ3n) is 3.48. The summed E-state index contributed by atoms with van der Waals surface area (Å²) in [7, 11) is -0.335. The summed E-state index contributed by atoms with van der Waals surface area (Å²) in [6.45, 7) is 8.96. The predicted octanol–water partition coefficient (Wildman–Crippen LogP) is 5.87. The summed E-state index contributed by atoms with van der Waals surface area (Å²) in [6, 6.07) is 0. The van der Waals surface area contributed by atoms with Gasteiger partial charge in [-0.1, -0.05) is 34.9 Å². The van der Waals surface area contributed by atoms with Crippen LogP contribution >= 0.6 is 7.60 Å². The lowest BCUT2D eigenvalue weighted by atomic mass is 10.1. The summed E-state index contributed by atoms with van der Waals surface area (Å²) in [6.07, 6.45) is 10.9. The fourth-order valence-corrected chi connectivity index (χ4v) is 2.57. The molecule has 134 valence electrons. The Morgan fingerprint density at radius 3 is 1.91 bits per heavy atom. The minimum absolute atomic E-state index is 0.0207. The van der Waals surface area contributed by atoms with Gasteiger partial charge in [0.1, 0.15) is 6.35 Å². The van der Waals surface area contributed by atoms with Gasteiger partial charge < -0.3 is 13.8 Å². The highest BCUT2D eigenvalue weighted by atomic mass is 31.2. The minimum atomic E-state index is -3.06. The van der Waals surface area contributed by atoms with Gasteiger partial charge in [0.25, 0.3) is 0 Å². The van der Waals surface area contributed by atoms with E-state index in [-0.39, 0.29) is 6.35 Å². The standard InChI is InChI=1S/C18H33O4P/c1-16(2)9-7-10-17(3)11-8-12-18(4)13-14-22-15-23(19,20-5)21-6/h9,11,13H,7-8,10,12,14-15H2,1-6H3. The molecular formula is C18H33O4P. The zero-order chi connectivity index (χ0) is 17.7. The van der Waals surface area contributed by atoms with E-state index in [0.29, 0.717) is 6.61 Å². The second-order valence-corrected chi connectivity index (χ2v) is 8.15. The van der Waals surface area contributed by atoms with Crippen LogP contribution in [0.4, 0.5) is 0 Å². The third-order valence-corrected chi connectivity index (χ3v) is 5.09. The van der Waals surface area contributed by atoms with Crippen molar-refractivity contribution >= 4 is 7.60 Å². The van der Waals surface area contributed by atoms with Gasteiger partial charge in [-0.05, 0) is 53.4 Å². The van der Waals surface area contributed by atoms with Crippen molar-refractivity contribution < 1.29 is 18.3 Å². The summed E-state index contributed by atoms with van der Waals surface area (Å²) < 4.78 is 26.7. The highest BCUT2D eigenvalue weighted by molar-refractivity contribution is 7.53. The molecule has 0 aliphatic heterocycles. The van der Waals surface area contributed by atoms with E-state index in [1.807, 2.05) is 6.08 Å². The van der Waals surface area contributed by atoms with E-state index in [9.17, 15) is 4.57 Å². The van der Waals surface area contributed by atoms with Gasteiger partial charge in [-0.2, -0.15) is 0 Å². The molecule has 0 atom stereocenters. The number of hydrogen-bond donors (Lipinski definition) is 0. The molecule has 0 bridgehead atoms. The van der Waals surface area contributed by atoms with Gasteiger partial charge in [0.15, 0.2) is 0 Å². The molecule has 23 heavy (non-hydrogen) atoms. The molecule has 0 aromatic rings. The van der Waals surface area contributed by atoms with Crippen LogP contribution in [0, 0.1) is 0 Å². The summed E-state index contributed by atoms with van der Waals surface area (Å²) in [5.74, 6) is 0. The van der Waals surface area contributed by atoms with E-state index in [4.69, 9.17) is 13.8 Å². The first-order chi connectivity index (χ1) is 10.8. The quantitative estimate of drug-likeness (QED) is 0.252. The third kappa shape index (κ3) is 12.4. The lowest BCUT2D eigenvalue weighted by molar-refractivity contribution is 0.167. The van der Waals surface area contributed by atoms with Crippen molar-refractivity contribution in [2.45, 2.75) is 53.4 Å². The fraction of sp³-hybridized carbons (Fsp3) is 0.667. The maximum Gasteiger partial charge on any atom is 0.355 e. The molecule has 0 heterocycles. The Hall–Kier alpha value is -0.670. The van der Waals surface area contributed by atoms with Crippen LogP contribution in [0.3, 0.4) is 0 Å². The van der Waals surface area contributed by atoms with Crippen molar-refractivity contribution in [2.75, 3.05) is 27.2 Å². The molecule has 0 aromatic heterocycles. The van der Waals surface area contributed by atoms with Crippen molar-refractivity contribution in [3.63, 3.8) is 0 Å². The molecule has 0 fully saturated rings. The van der Waals surface area contributed by atoms with Crippen LogP contribution in [-0.2, 0) is 18.3 Å². The number of allylic oxidation sites excluding steroid dienone is 5. The number of rotatable bonds is 12. The molecule has 0 amide bonds. The second kappa shape index (κ2) is 12.7. The van der Waals surface area contributed by atoms with Crippen LogP contribution in [0.1, 0.15) is 53.4 Å². The lowest BCUT2D eigenvalue weighted by Gasteiger charge is -2.12. The Bertz CT molecular complexity index is 452. The van der Waals surface area contributed by atoms with Crippen LogP contribution in [-0.4, -0.2) is 27.2 Å². The van der Waals surface area contributed by atoms with Crippen molar-refractivity contribution in [1.82, 2.24) is 0 Å².